The van der Waals surface area contributed by atoms with E-state index in [1.807, 2.05) is 47.4 Å². The largest absolute Gasteiger partial charge is 0.368 e. The van der Waals surface area contributed by atoms with Gasteiger partial charge in [-0.1, -0.05) is 12.1 Å². The number of amides is 2. The second-order valence-electron chi connectivity index (χ2n) is 10.7. The highest BCUT2D eigenvalue weighted by Gasteiger charge is 2.30. The first-order valence-electron chi connectivity index (χ1n) is 14.2. The molecular weight excluding hydrogens is 504 g/mol. The maximum absolute atomic E-state index is 12.7. The lowest BCUT2D eigenvalue weighted by Gasteiger charge is -2.37. The van der Waals surface area contributed by atoms with Crippen LogP contribution in [0.25, 0.3) is 11.3 Å². The molecule has 0 radical (unpaired) electrons. The Bertz CT molecular complexity index is 1330. The number of rotatable bonds is 7. The number of piperazine rings is 1. The van der Waals surface area contributed by atoms with E-state index >= 15 is 0 Å². The monoisotopic (exact) mass is 540 g/mol. The lowest BCUT2D eigenvalue weighted by Crippen LogP contribution is -2.53. The van der Waals surface area contributed by atoms with Crippen LogP contribution in [-0.4, -0.2) is 78.0 Å². The third-order valence-electron chi connectivity index (χ3n) is 8.17. The summed E-state index contributed by atoms with van der Waals surface area (Å²) in [7, 11) is 0. The number of nitrogens with two attached hydrogens (primary N) is 1. The average Bonchev–Trinajstić information content (AvgIpc) is 3.71. The van der Waals surface area contributed by atoms with E-state index in [1.165, 1.54) is 0 Å². The number of benzene rings is 2. The quantitative estimate of drug-likeness (QED) is 0.419. The van der Waals surface area contributed by atoms with Gasteiger partial charge in [-0.25, -0.2) is 9.97 Å². The van der Waals surface area contributed by atoms with Crippen LogP contribution in [0.5, 0.6) is 0 Å². The second-order valence-corrected chi connectivity index (χ2v) is 10.7. The first-order valence-corrected chi connectivity index (χ1v) is 14.2. The predicted octanol–water partition coefficient (Wildman–Crippen LogP) is 2.74. The molecule has 2 amide bonds. The van der Waals surface area contributed by atoms with Crippen molar-refractivity contribution in [3.63, 3.8) is 0 Å². The highest BCUT2D eigenvalue weighted by molar-refractivity contribution is 5.84. The SMILES string of the molecule is NC(=O)[C@H]1CCCN1c1ccc(-c2ccnc(Nc3ccc(N4CCN(C(=O)[C@H]5CCCN5)CC4)cc3)n2)cc1. The van der Waals surface area contributed by atoms with Crippen LogP contribution in [0.2, 0.25) is 0 Å². The van der Waals surface area contributed by atoms with Gasteiger partial charge in [-0.05, 0) is 74.7 Å². The van der Waals surface area contributed by atoms with Crippen LogP contribution in [0.3, 0.4) is 0 Å². The summed E-state index contributed by atoms with van der Waals surface area (Å²) >= 11 is 0. The number of anilines is 4. The zero-order chi connectivity index (χ0) is 27.5. The fraction of sp³-hybridized carbons (Fsp3) is 0.400. The number of aromatic nitrogens is 2. The zero-order valence-corrected chi connectivity index (χ0v) is 22.6. The van der Waals surface area contributed by atoms with Gasteiger partial charge in [0.2, 0.25) is 17.8 Å². The highest BCUT2D eigenvalue weighted by atomic mass is 16.2. The van der Waals surface area contributed by atoms with Crippen LogP contribution in [0, 0.1) is 0 Å². The molecule has 40 heavy (non-hydrogen) atoms. The van der Waals surface area contributed by atoms with E-state index in [1.54, 1.807) is 6.20 Å². The van der Waals surface area contributed by atoms with Crippen molar-refractivity contribution in [2.45, 2.75) is 37.8 Å². The lowest BCUT2D eigenvalue weighted by molar-refractivity contribution is -0.133. The molecule has 6 rings (SSSR count). The molecule has 3 aliphatic heterocycles. The molecule has 0 saturated carbocycles. The van der Waals surface area contributed by atoms with Crippen LogP contribution in [0.15, 0.2) is 60.8 Å². The van der Waals surface area contributed by atoms with Gasteiger partial charge in [0.05, 0.1) is 11.7 Å². The fourth-order valence-corrected chi connectivity index (χ4v) is 5.96. The third kappa shape index (κ3) is 5.58. The predicted molar refractivity (Wildman–Crippen MR) is 157 cm³/mol. The van der Waals surface area contributed by atoms with Crippen molar-refractivity contribution >= 4 is 34.8 Å². The standard InChI is InChI=1S/C30H36N8O2/c31-28(39)27-4-2-16-38(27)24-9-5-21(6-10-24)25-13-15-33-30(35-25)34-22-7-11-23(12-8-22)36-17-19-37(20-18-36)29(40)26-3-1-14-32-26/h5-13,15,26-27,32H,1-4,14,16-20H2,(H2,31,39)(H,33,34,35)/t26-,27-/m1/s1. The van der Waals surface area contributed by atoms with Crippen molar-refractivity contribution in [2.24, 2.45) is 5.73 Å². The Kier molecular flexibility index (Phi) is 7.50. The van der Waals surface area contributed by atoms with Gasteiger partial charge in [0.15, 0.2) is 0 Å². The summed E-state index contributed by atoms with van der Waals surface area (Å²) in [5.74, 6) is 0.501. The fourth-order valence-electron chi connectivity index (χ4n) is 5.96. The van der Waals surface area contributed by atoms with Crippen molar-refractivity contribution in [3.05, 3.63) is 60.8 Å². The molecule has 0 unspecified atom stereocenters. The topological polar surface area (TPSA) is 120 Å². The molecule has 4 heterocycles. The molecule has 0 bridgehead atoms. The summed E-state index contributed by atoms with van der Waals surface area (Å²) in [6, 6.07) is 18.0. The highest BCUT2D eigenvalue weighted by Crippen LogP contribution is 2.28. The van der Waals surface area contributed by atoms with Crippen LogP contribution in [0.1, 0.15) is 25.7 Å². The smallest absolute Gasteiger partial charge is 0.240 e. The van der Waals surface area contributed by atoms with Crippen LogP contribution in [0.4, 0.5) is 23.0 Å². The van der Waals surface area contributed by atoms with Gasteiger partial charge in [-0.15, -0.1) is 0 Å². The summed E-state index contributed by atoms with van der Waals surface area (Å²) < 4.78 is 0. The van der Waals surface area contributed by atoms with Gasteiger partial charge >= 0.3 is 0 Å². The van der Waals surface area contributed by atoms with Crippen LogP contribution >= 0.6 is 0 Å². The molecule has 3 fully saturated rings. The van der Waals surface area contributed by atoms with E-state index in [9.17, 15) is 9.59 Å². The average molecular weight is 541 g/mol. The molecule has 10 heteroatoms. The van der Waals surface area contributed by atoms with Gasteiger partial charge in [0.25, 0.3) is 0 Å². The second kappa shape index (κ2) is 11.5. The number of hydrogen-bond donors (Lipinski definition) is 3. The van der Waals surface area contributed by atoms with Crippen molar-refractivity contribution in [1.29, 1.82) is 0 Å². The van der Waals surface area contributed by atoms with Crippen molar-refractivity contribution < 1.29 is 9.59 Å². The number of primary amides is 1. The maximum atomic E-state index is 12.7. The number of carbonyl (C=O) groups is 2. The van der Waals surface area contributed by atoms with Gasteiger partial charge in [0, 0.05) is 61.5 Å². The Morgan fingerprint density at radius 2 is 1.62 bits per heavy atom. The van der Waals surface area contributed by atoms with Crippen molar-refractivity contribution in [2.75, 3.05) is 54.4 Å². The third-order valence-corrected chi connectivity index (χ3v) is 8.17. The van der Waals surface area contributed by atoms with Gasteiger partial charge in [-0.3, -0.25) is 9.59 Å². The summed E-state index contributed by atoms with van der Waals surface area (Å²) in [5.41, 5.74) is 10.4. The number of carbonyl (C=O) groups excluding carboxylic acids is 2. The molecule has 0 aliphatic carbocycles. The Morgan fingerprint density at radius 3 is 2.33 bits per heavy atom. The van der Waals surface area contributed by atoms with E-state index in [4.69, 9.17) is 10.7 Å². The number of nitrogens with one attached hydrogen (secondary N) is 2. The van der Waals surface area contributed by atoms with E-state index in [0.717, 1.165) is 93.3 Å². The van der Waals surface area contributed by atoms with Crippen molar-refractivity contribution in [1.82, 2.24) is 20.2 Å². The van der Waals surface area contributed by atoms with Gasteiger partial charge in [-0.2, -0.15) is 0 Å². The number of hydrogen-bond acceptors (Lipinski definition) is 8. The molecule has 208 valence electrons. The van der Waals surface area contributed by atoms with E-state index in [0.29, 0.717) is 5.95 Å². The van der Waals surface area contributed by atoms with Crippen LogP contribution < -0.4 is 26.2 Å². The Hall–Kier alpha value is -4.18. The van der Waals surface area contributed by atoms with Gasteiger partial charge < -0.3 is 31.1 Å². The Labute approximate surface area is 234 Å². The molecule has 1 aromatic heterocycles. The van der Waals surface area contributed by atoms with E-state index < -0.39 is 0 Å². The maximum Gasteiger partial charge on any atom is 0.240 e. The van der Waals surface area contributed by atoms with E-state index in [-0.39, 0.29) is 23.9 Å². The summed E-state index contributed by atoms with van der Waals surface area (Å²) in [6.45, 7) is 4.94. The van der Waals surface area contributed by atoms with Crippen molar-refractivity contribution in [3.8, 4) is 11.3 Å². The Balaban J connectivity index is 1.06. The molecule has 4 N–H and O–H groups in total. The number of nitrogens with zero attached hydrogens (tertiary/aromatic N) is 5. The molecule has 10 nitrogen and oxygen atoms in total. The zero-order valence-electron chi connectivity index (χ0n) is 22.6. The normalized spacial score (nSPS) is 21.1. The first kappa shape index (κ1) is 26.1. The Morgan fingerprint density at radius 1 is 0.875 bits per heavy atom. The molecule has 2 atom stereocenters. The summed E-state index contributed by atoms with van der Waals surface area (Å²) in [4.78, 5) is 40.0. The van der Waals surface area contributed by atoms with Crippen LogP contribution in [-0.2, 0) is 9.59 Å². The first-order chi connectivity index (χ1) is 19.5. The minimum atomic E-state index is -0.271. The van der Waals surface area contributed by atoms with E-state index in [2.05, 4.69) is 37.6 Å². The lowest BCUT2D eigenvalue weighted by atomic mass is 10.1. The minimum absolute atomic E-state index is 0.00274. The summed E-state index contributed by atoms with van der Waals surface area (Å²) in [5, 5.41) is 6.63. The molecule has 3 aromatic rings. The molecule has 3 aliphatic rings. The minimum Gasteiger partial charge on any atom is -0.368 e. The molecule has 0 spiro atoms. The molecular formula is C30H36N8O2. The van der Waals surface area contributed by atoms with Gasteiger partial charge in [0.1, 0.15) is 6.04 Å². The summed E-state index contributed by atoms with van der Waals surface area (Å²) in [6.07, 6.45) is 5.54. The molecule has 2 aromatic carbocycles. The molecule has 3 saturated heterocycles.